The minimum Gasteiger partial charge on any atom is -0.325 e. The topological polar surface area (TPSA) is 41.1 Å². The summed E-state index contributed by atoms with van der Waals surface area (Å²) >= 11 is 0. The summed E-state index contributed by atoms with van der Waals surface area (Å²) in [5.74, 6) is 0.0350. The lowest BCUT2D eigenvalue weighted by Gasteiger charge is -2.25. The van der Waals surface area contributed by atoms with E-state index in [1.807, 2.05) is 30.3 Å². The average Bonchev–Trinajstić information content (AvgIpc) is 2.50. The quantitative estimate of drug-likeness (QED) is 0.892. The molecule has 0 aromatic heterocycles. The second-order valence-electron chi connectivity index (χ2n) is 5.69. The molecule has 3 rings (SSSR count). The van der Waals surface area contributed by atoms with Crippen LogP contribution in [-0.2, 0) is 17.8 Å². The maximum Gasteiger partial charge on any atom is 0.241 e. The molecule has 0 radical (unpaired) electrons. The van der Waals surface area contributed by atoms with Crippen LogP contribution in [-0.4, -0.2) is 11.9 Å². The van der Waals surface area contributed by atoms with Crippen LogP contribution in [0.25, 0.3) is 0 Å². The van der Waals surface area contributed by atoms with Gasteiger partial charge < -0.3 is 10.6 Å². The van der Waals surface area contributed by atoms with Gasteiger partial charge in [-0.2, -0.15) is 0 Å². The Hall–Kier alpha value is -1.84. The zero-order chi connectivity index (χ0) is 14.8. The first-order chi connectivity index (χ1) is 10.1. The molecule has 1 heterocycles. The summed E-state index contributed by atoms with van der Waals surface area (Å²) in [6.45, 7) is 4.88. The first-order valence-corrected chi connectivity index (χ1v) is 7.32. The number of halogens is 1. The fourth-order valence-electron chi connectivity index (χ4n) is 2.69. The number of hydrogen-bond donors (Lipinski definition) is 2. The van der Waals surface area contributed by atoms with E-state index in [9.17, 15) is 4.79 Å². The number of aryl methyl sites for hydroxylation is 2. The summed E-state index contributed by atoms with van der Waals surface area (Å²) in [7, 11) is 0. The van der Waals surface area contributed by atoms with Crippen LogP contribution in [0.1, 0.15) is 22.3 Å². The van der Waals surface area contributed by atoms with Crippen molar-refractivity contribution in [1.82, 2.24) is 5.32 Å². The van der Waals surface area contributed by atoms with Crippen LogP contribution in [0.15, 0.2) is 42.5 Å². The molecule has 0 aliphatic carbocycles. The molecule has 0 bridgehead atoms. The van der Waals surface area contributed by atoms with Crippen molar-refractivity contribution in [1.29, 1.82) is 0 Å². The van der Waals surface area contributed by atoms with Gasteiger partial charge in [-0.1, -0.05) is 30.3 Å². The third-order valence-electron chi connectivity index (χ3n) is 4.17. The Kier molecular flexibility index (Phi) is 5.22. The highest BCUT2D eigenvalue weighted by atomic mass is 35.5. The summed E-state index contributed by atoms with van der Waals surface area (Å²) in [6.07, 6.45) is 0.743. The molecule has 22 heavy (non-hydrogen) atoms. The molecular weight excluding hydrogens is 296 g/mol. The number of rotatable bonds is 2. The van der Waals surface area contributed by atoms with Crippen LogP contribution in [0.5, 0.6) is 0 Å². The Bertz CT molecular complexity index is 685. The van der Waals surface area contributed by atoms with Crippen molar-refractivity contribution >= 4 is 24.0 Å². The molecule has 1 unspecified atom stereocenters. The Balaban J connectivity index is 0.00000176. The smallest absolute Gasteiger partial charge is 0.241 e. The van der Waals surface area contributed by atoms with E-state index in [4.69, 9.17) is 0 Å². The van der Waals surface area contributed by atoms with Gasteiger partial charge in [0.05, 0.1) is 6.04 Å². The number of benzene rings is 2. The van der Waals surface area contributed by atoms with Gasteiger partial charge in [-0.15, -0.1) is 12.4 Å². The highest BCUT2D eigenvalue weighted by Gasteiger charge is 2.23. The predicted molar refractivity (Wildman–Crippen MR) is 92.6 cm³/mol. The molecule has 2 aromatic rings. The minimum atomic E-state index is -0.165. The molecule has 3 nitrogen and oxygen atoms in total. The molecule has 1 aliphatic heterocycles. The van der Waals surface area contributed by atoms with Crippen LogP contribution in [0.3, 0.4) is 0 Å². The van der Waals surface area contributed by atoms with Crippen LogP contribution >= 0.6 is 12.4 Å². The van der Waals surface area contributed by atoms with E-state index in [1.165, 1.54) is 22.3 Å². The number of nitrogens with one attached hydrogen (secondary N) is 2. The molecule has 4 heteroatoms. The molecule has 1 amide bonds. The molecule has 0 saturated heterocycles. The maximum absolute atomic E-state index is 12.4. The Labute approximate surface area is 137 Å². The summed E-state index contributed by atoms with van der Waals surface area (Å²) in [5.41, 5.74) is 5.83. The molecule has 1 aliphatic rings. The highest BCUT2D eigenvalue weighted by Crippen LogP contribution is 2.18. The molecule has 1 atom stereocenters. The molecule has 0 spiro atoms. The van der Waals surface area contributed by atoms with E-state index >= 15 is 0 Å². The summed E-state index contributed by atoms with van der Waals surface area (Å²) in [4.78, 5) is 12.4. The monoisotopic (exact) mass is 316 g/mol. The Morgan fingerprint density at radius 3 is 2.55 bits per heavy atom. The van der Waals surface area contributed by atoms with Gasteiger partial charge in [0, 0.05) is 12.2 Å². The number of fused-ring (bicyclic) bond motifs is 1. The van der Waals surface area contributed by atoms with Crippen molar-refractivity contribution < 1.29 is 4.79 Å². The standard InChI is InChI=1S/C18H20N2O.ClH/c1-12-7-8-16(9-13(12)2)20-18(21)17-10-14-5-3-4-6-15(14)11-19-17;/h3-9,17,19H,10-11H2,1-2H3,(H,20,21);1H. The van der Waals surface area contributed by atoms with Gasteiger partial charge in [0.25, 0.3) is 0 Å². The van der Waals surface area contributed by atoms with Crippen LogP contribution < -0.4 is 10.6 Å². The SMILES string of the molecule is Cc1ccc(NC(=O)C2Cc3ccccc3CN2)cc1C.Cl. The largest absolute Gasteiger partial charge is 0.325 e. The van der Waals surface area contributed by atoms with Gasteiger partial charge in [-0.25, -0.2) is 0 Å². The number of carbonyl (C=O) groups excluding carboxylic acids is 1. The zero-order valence-corrected chi connectivity index (χ0v) is 13.7. The van der Waals surface area contributed by atoms with Crippen molar-refractivity contribution in [3.63, 3.8) is 0 Å². The number of hydrogen-bond acceptors (Lipinski definition) is 2. The summed E-state index contributed by atoms with van der Waals surface area (Å²) in [5, 5.41) is 6.32. The van der Waals surface area contributed by atoms with Crippen LogP contribution in [0.4, 0.5) is 5.69 Å². The van der Waals surface area contributed by atoms with Crippen molar-refractivity contribution in [3.8, 4) is 0 Å². The number of amides is 1. The first-order valence-electron chi connectivity index (χ1n) is 7.32. The summed E-state index contributed by atoms with van der Waals surface area (Å²) in [6, 6.07) is 14.1. The van der Waals surface area contributed by atoms with Crippen LogP contribution in [0.2, 0.25) is 0 Å². The highest BCUT2D eigenvalue weighted by molar-refractivity contribution is 5.95. The zero-order valence-electron chi connectivity index (χ0n) is 12.8. The van der Waals surface area contributed by atoms with Crippen molar-refractivity contribution in [2.75, 3.05) is 5.32 Å². The average molecular weight is 317 g/mol. The van der Waals surface area contributed by atoms with Gasteiger partial charge in [-0.05, 0) is 54.7 Å². The van der Waals surface area contributed by atoms with E-state index < -0.39 is 0 Å². The van der Waals surface area contributed by atoms with E-state index in [1.54, 1.807) is 0 Å². The molecule has 2 aromatic carbocycles. The van der Waals surface area contributed by atoms with Gasteiger partial charge in [0.15, 0.2) is 0 Å². The van der Waals surface area contributed by atoms with Crippen molar-refractivity contribution in [3.05, 3.63) is 64.7 Å². The normalized spacial score (nSPS) is 16.4. The predicted octanol–water partition coefficient (Wildman–Crippen LogP) is 3.38. The van der Waals surface area contributed by atoms with Gasteiger partial charge in [-0.3, -0.25) is 4.79 Å². The third-order valence-corrected chi connectivity index (χ3v) is 4.17. The molecule has 116 valence electrons. The first kappa shape index (κ1) is 16.5. The Morgan fingerprint density at radius 2 is 1.82 bits per heavy atom. The van der Waals surface area contributed by atoms with E-state index in [-0.39, 0.29) is 24.4 Å². The van der Waals surface area contributed by atoms with Gasteiger partial charge in [0.1, 0.15) is 0 Å². The maximum atomic E-state index is 12.4. The molecule has 0 fully saturated rings. The molecular formula is C18H21ClN2O. The molecule has 0 saturated carbocycles. The van der Waals surface area contributed by atoms with Gasteiger partial charge >= 0.3 is 0 Å². The van der Waals surface area contributed by atoms with Crippen LogP contribution in [0, 0.1) is 13.8 Å². The van der Waals surface area contributed by atoms with E-state index in [0.29, 0.717) is 0 Å². The van der Waals surface area contributed by atoms with E-state index in [2.05, 4.69) is 36.6 Å². The number of carbonyl (C=O) groups is 1. The fraction of sp³-hybridized carbons (Fsp3) is 0.278. The van der Waals surface area contributed by atoms with Crippen molar-refractivity contribution in [2.24, 2.45) is 0 Å². The lowest BCUT2D eigenvalue weighted by atomic mass is 9.95. The number of anilines is 1. The second-order valence-corrected chi connectivity index (χ2v) is 5.69. The van der Waals surface area contributed by atoms with E-state index in [0.717, 1.165) is 18.7 Å². The minimum absolute atomic E-state index is 0. The van der Waals surface area contributed by atoms with Gasteiger partial charge in [0.2, 0.25) is 5.91 Å². The lowest BCUT2D eigenvalue weighted by Crippen LogP contribution is -2.44. The molecule has 2 N–H and O–H groups in total. The second kappa shape index (κ2) is 6.95. The lowest BCUT2D eigenvalue weighted by molar-refractivity contribution is -0.118. The Morgan fingerprint density at radius 1 is 1.09 bits per heavy atom. The fourth-order valence-corrected chi connectivity index (χ4v) is 2.69. The third kappa shape index (κ3) is 3.49. The summed E-state index contributed by atoms with van der Waals surface area (Å²) < 4.78 is 0. The van der Waals surface area contributed by atoms with Crippen molar-refractivity contribution in [2.45, 2.75) is 32.9 Å².